The molecule has 0 saturated carbocycles. The van der Waals surface area contributed by atoms with Crippen LogP contribution in [0.3, 0.4) is 0 Å². The summed E-state index contributed by atoms with van der Waals surface area (Å²) in [4.78, 5) is 11.3. The zero-order chi connectivity index (χ0) is 20.3. The molecule has 5 atom stereocenters. The van der Waals surface area contributed by atoms with Crippen LogP contribution in [0.15, 0.2) is 18.2 Å². The Morgan fingerprint density at radius 1 is 1.15 bits per heavy atom. The van der Waals surface area contributed by atoms with Gasteiger partial charge in [0.1, 0.15) is 24.1 Å². The second-order valence-corrected chi connectivity index (χ2v) is 7.58. The summed E-state index contributed by atoms with van der Waals surface area (Å²) in [6.45, 7) is 8.09. The topological polar surface area (TPSA) is 128 Å². The van der Waals surface area contributed by atoms with E-state index in [9.17, 15) is 20.1 Å². The van der Waals surface area contributed by atoms with E-state index < -0.39 is 36.7 Å². The number of aliphatic carboxylic acids is 1. The van der Waals surface area contributed by atoms with E-state index >= 15 is 0 Å². The fourth-order valence-electron chi connectivity index (χ4n) is 2.97. The summed E-state index contributed by atoms with van der Waals surface area (Å²) in [6.07, 6.45) is -7.38. The Labute approximate surface area is 158 Å². The molecule has 1 aliphatic heterocycles. The van der Waals surface area contributed by atoms with Crippen LogP contribution in [0.5, 0.6) is 5.75 Å². The largest absolute Gasteiger partial charge is 0.479 e. The van der Waals surface area contributed by atoms with Gasteiger partial charge in [0.05, 0.1) is 5.69 Å². The van der Waals surface area contributed by atoms with Gasteiger partial charge in [0.2, 0.25) is 6.29 Å². The molecule has 1 heterocycles. The van der Waals surface area contributed by atoms with Crippen molar-refractivity contribution < 1.29 is 34.7 Å². The van der Waals surface area contributed by atoms with Gasteiger partial charge in [-0.3, -0.25) is 0 Å². The maximum absolute atomic E-state index is 11.3. The Bertz CT molecular complexity index is 649. The first kappa shape index (κ1) is 21.4. The van der Waals surface area contributed by atoms with Gasteiger partial charge in [-0.15, -0.1) is 0 Å². The van der Waals surface area contributed by atoms with Crippen LogP contribution in [-0.2, 0) is 16.0 Å². The SMILES string of the molecule is CC(C)Cc1ccc(NC(C)C)c(O[C@@H]2O[C@H](C(=O)O)[C@@H](O)[C@H](O)[C@H]2O)c1. The lowest BCUT2D eigenvalue weighted by molar-refractivity contribution is -0.271. The van der Waals surface area contributed by atoms with Crippen molar-refractivity contribution in [3.8, 4) is 5.75 Å². The van der Waals surface area contributed by atoms with E-state index in [1.807, 2.05) is 26.0 Å². The van der Waals surface area contributed by atoms with Crippen molar-refractivity contribution >= 4 is 11.7 Å². The van der Waals surface area contributed by atoms with Gasteiger partial charge in [-0.1, -0.05) is 19.9 Å². The second kappa shape index (κ2) is 8.88. The standard InChI is InChI=1S/C19H29NO7/c1-9(2)7-11-5-6-12(20-10(3)4)13(8-11)26-19-16(23)14(21)15(22)17(27-19)18(24)25/h5-6,8-10,14-17,19-23H,7H2,1-4H3,(H,24,25)/t14-,15-,16+,17-,19+/m0/s1. The Hall–Kier alpha value is -1.87. The van der Waals surface area contributed by atoms with Crippen LogP contribution < -0.4 is 10.1 Å². The van der Waals surface area contributed by atoms with Crippen LogP contribution in [-0.4, -0.2) is 63.1 Å². The molecule has 1 fully saturated rings. The molecule has 1 saturated heterocycles. The van der Waals surface area contributed by atoms with Crippen molar-refractivity contribution in [3.63, 3.8) is 0 Å². The van der Waals surface area contributed by atoms with Crippen LogP contribution in [0.4, 0.5) is 5.69 Å². The van der Waals surface area contributed by atoms with E-state index in [4.69, 9.17) is 14.6 Å². The van der Waals surface area contributed by atoms with Crippen molar-refractivity contribution in [2.45, 2.75) is 70.9 Å². The van der Waals surface area contributed by atoms with Crippen LogP contribution in [0.1, 0.15) is 33.3 Å². The molecule has 8 nitrogen and oxygen atoms in total. The van der Waals surface area contributed by atoms with Gasteiger partial charge in [0.15, 0.2) is 6.10 Å². The smallest absolute Gasteiger partial charge is 0.335 e. The first-order valence-electron chi connectivity index (χ1n) is 9.08. The highest BCUT2D eigenvalue weighted by molar-refractivity contribution is 5.73. The van der Waals surface area contributed by atoms with Crippen molar-refractivity contribution in [2.75, 3.05) is 5.32 Å². The molecule has 8 heteroatoms. The lowest BCUT2D eigenvalue weighted by atomic mass is 9.99. The molecule has 1 aromatic rings. The quantitative estimate of drug-likeness (QED) is 0.471. The summed E-state index contributed by atoms with van der Waals surface area (Å²) in [5.74, 6) is -0.651. The molecule has 0 spiro atoms. The van der Waals surface area contributed by atoms with Gasteiger partial charge in [0.25, 0.3) is 0 Å². The van der Waals surface area contributed by atoms with Crippen LogP contribution in [0, 0.1) is 5.92 Å². The van der Waals surface area contributed by atoms with E-state index in [2.05, 4.69) is 19.2 Å². The van der Waals surface area contributed by atoms with E-state index in [1.165, 1.54) is 0 Å². The van der Waals surface area contributed by atoms with Gasteiger partial charge in [0, 0.05) is 6.04 Å². The Morgan fingerprint density at radius 3 is 2.37 bits per heavy atom. The zero-order valence-electron chi connectivity index (χ0n) is 16.0. The molecule has 1 aliphatic rings. The number of ether oxygens (including phenoxy) is 2. The third kappa shape index (κ3) is 5.32. The first-order chi connectivity index (χ1) is 12.6. The fraction of sp³-hybridized carbons (Fsp3) is 0.632. The van der Waals surface area contributed by atoms with Crippen molar-refractivity contribution in [1.29, 1.82) is 0 Å². The molecular formula is C19H29NO7. The highest BCUT2D eigenvalue weighted by atomic mass is 16.7. The number of carboxylic acids is 1. The van der Waals surface area contributed by atoms with Crippen LogP contribution in [0.2, 0.25) is 0 Å². The molecule has 0 amide bonds. The van der Waals surface area contributed by atoms with Gasteiger partial charge in [-0.25, -0.2) is 4.79 Å². The Morgan fingerprint density at radius 2 is 1.81 bits per heavy atom. The molecule has 0 unspecified atom stereocenters. The molecule has 1 aromatic carbocycles. The summed E-state index contributed by atoms with van der Waals surface area (Å²) in [7, 11) is 0. The monoisotopic (exact) mass is 383 g/mol. The maximum atomic E-state index is 11.3. The Balaban J connectivity index is 2.30. The fourth-order valence-corrected chi connectivity index (χ4v) is 2.97. The normalized spacial score (nSPS) is 28.4. The molecule has 0 aromatic heterocycles. The number of aliphatic hydroxyl groups is 3. The number of hydrogen-bond donors (Lipinski definition) is 5. The van der Waals surface area contributed by atoms with Crippen LogP contribution >= 0.6 is 0 Å². The molecule has 5 N–H and O–H groups in total. The van der Waals surface area contributed by atoms with Gasteiger partial charge >= 0.3 is 5.97 Å². The molecule has 0 aliphatic carbocycles. The van der Waals surface area contributed by atoms with Crippen molar-refractivity contribution in [1.82, 2.24) is 0 Å². The maximum Gasteiger partial charge on any atom is 0.335 e. The number of anilines is 1. The first-order valence-corrected chi connectivity index (χ1v) is 9.08. The summed E-state index contributed by atoms with van der Waals surface area (Å²) in [5.41, 5.74) is 1.66. The Kier molecular flexibility index (Phi) is 7.05. The summed E-state index contributed by atoms with van der Waals surface area (Å²) >= 11 is 0. The number of hydrogen-bond acceptors (Lipinski definition) is 7. The molecule has 0 bridgehead atoms. The zero-order valence-corrected chi connectivity index (χ0v) is 16.0. The minimum atomic E-state index is -1.75. The average Bonchev–Trinajstić information content (AvgIpc) is 2.56. The molecule has 152 valence electrons. The predicted octanol–water partition coefficient (Wildman–Crippen LogP) is 0.976. The van der Waals surface area contributed by atoms with E-state index in [1.54, 1.807) is 6.07 Å². The number of carboxylic acid groups (broad SMARTS) is 1. The van der Waals surface area contributed by atoms with Gasteiger partial charge < -0.3 is 35.2 Å². The van der Waals surface area contributed by atoms with Crippen LogP contribution in [0.25, 0.3) is 0 Å². The molecular weight excluding hydrogens is 354 g/mol. The van der Waals surface area contributed by atoms with Crippen molar-refractivity contribution in [3.05, 3.63) is 23.8 Å². The molecule has 27 heavy (non-hydrogen) atoms. The predicted molar refractivity (Wildman–Crippen MR) is 98.7 cm³/mol. The van der Waals surface area contributed by atoms with E-state index in [0.717, 1.165) is 12.0 Å². The highest BCUT2D eigenvalue weighted by Crippen LogP contribution is 2.31. The van der Waals surface area contributed by atoms with Gasteiger partial charge in [-0.05, 0) is 43.9 Å². The number of benzene rings is 1. The third-order valence-corrected chi connectivity index (χ3v) is 4.19. The highest BCUT2D eigenvalue weighted by Gasteiger charge is 2.48. The summed E-state index contributed by atoms with van der Waals surface area (Å²) < 4.78 is 11.0. The summed E-state index contributed by atoms with van der Waals surface area (Å²) in [5, 5.41) is 42.3. The number of rotatable bonds is 7. The minimum Gasteiger partial charge on any atom is -0.479 e. The lowest BCUT2D eigenvalue weighted by Crippen LogP contribution is -2.61. The summed E-state index contributed by atoms with van der Waals surface area (Å²) in [6, 6.07) is 5.73. The lowest BCUT2D eigenvalue weighted by Gasteiger charge is -2.38. The van der Waals surface area contributed by atoms with E-state index in [-0.39, 0.29) is 6.04 Å². The molecule has 0 radical (unpaired) electrons. The third-order valence-electron chi connectivity index (χ3n) is 4.19. The second-order valence-electron chi connectivity index (χ2n) is 7.58. The van der Waals surface area contributed by atoms with Gasteiger partial charge in [-0.2, -0.15) is 0 Å². The number of aliphatic hydroxyl groups excluding tert-OH is 3. The van der Waals surface area contributed by atoms with Crippen molar-refractivity contribution in [2.24, 2.45) is 5.92 Å². The molecule has 2 rings (SSSR count). The average molecular weight is 383 g/mol. The number of nitrogens with one attached hydrogen (secondary N) is 1. The minimum absolute atomic E-state index is 0.111. The number of carbonyl (C=O) groups is 1. The van der Waals surface area contributed by atoms with E-state index in [0.29, 0.717) is 17.4 Å².